The predicted octanol–water partition coefficient (Wildman–Crippen LogP) is 5.51. The van der Waals surface area contributed by atoms with Crippen molar-refractivity contribution < 1.29 is 31.5 Å². The Morgan fingerprint density at radius 3 is 2.36 bits per heavy atom. The van der Waals surface area contributed by atoms with Crippen LogP contribution in [0.3, 0.4) is 0 Å². The number of benzene rings is 2. The Kier molecular flexibility index (Phi) is 6.59. The topological polar surface area (TPSA) is 62.1 Å². The smallest absolute Gasteiger partial charge is 0.416 e. The van der Waals surface area contributed by atoms with Gasteiger partial charge >= 0.3 is 12.8 Å². The van der Waals surface area contributed by atoms with E-state index < -0.39 is 29.8 Å². The first-order chi connectivity index (χ1) is 13.1. The summed E-state index contributed by atoms with van der Waals surface area (Å²) in [6.07, 6.45) is -3.51. The van der Waals surface area contributed by atoms with Crippen molar-refractivity contribution in [3.8, 4) is 11.8 Å². The molecule has 0 unspecified atom stereocenters. The Balaban J connectivity index is 2.22. The number of amides is 1. The second-order valence-corrected chi connectivity index (χ2v) is 5.67. The van der Waals surface area contributed by atoms with E-state index in [1.165, 1.54) is 24.3 Å². The van der Waals surface area contributed by atoms with E-state index in [1.54, 1.807) is 6.07 Å². The molecule has 0 bridgehead atoms. The molecular formula is C18H10ClF5N2O2. The van der Waals surface area contributed by atoms with E-state index in [0.717, 1.165) is 18.2 Å². The van der Waals surface area contributed by atoms with Gasteiger partial charge in [0.05, 0.1) is 16.3 Å². The zero-order chi connectivity index (χ0) is 20.9. The van der Waals surface area contributed by atoms with Gasteiger partial charge in [0.2, 0.25) is 0 Å². The van der Waals surface area contributed by atoms with Crippen LogP contribution in [0.25, 0.3) is 6.08 Å². The summed E-state index contributed by atoms with van der Waals surface area (Å²) in [4.78, 5) is 12.2. The van der Waals surface area contributed by atoms with Crippen molar-refractivity contribution in [1.29, 1.82) is 5.26 Å². The van der Waals surface area contributed by atoms with Crippen LogP contribution in [0.4, 0.5) is 27.6 Å². The molecule has 0 aliphatic heterocycles. The van der Waals surface area contributed by atoms with E-state index in [4.69, 9.17) is 16.9 Å². The van der Waals surface area contributed by atoms with E-state index in [0.29, 0.717) is 11.6 Å². The van der Waals surface area contributed by atoms with Crippen LogP contribution in [0, 0.1) is 11.3 Å². The largest absolute Gasteiger partial charge is 0.435 e. The summed E-state index contributed by atoms with van der Waals surface area (Å²) in [7, 11) is 0. The summed E-state index contributed by atoms with van der Waals surface area (Å²) in [5.41, 5.74) is -1.47. The second kappa shape index (κ2) is 8.71. The van der Waals surface area contributed by atoms with Crippen LogP contribution in [0.2, 0.25) is 5.02 Å². The molecule has 0 aliphatic rings. The Morgan fingerprint density at radius 1 is 1.18 bits per heavy atom. The number of nitrogens with one attached hydrogen (secondary N) is 1. The number of halogens is 6. The maximum Gasteiger partial charge on any atom is 0.416 e. The van der Waals surface area contributed by atoms with Crippen LogP contribution in [-0.4, -0.2) is 12.5 Å². The van der Waals surface area contributed by atoms with Crippen molar-refractivity contribution in [2.24, 2.45) is 0 Å². The molecule has 2 aromatic carbocycles. The number of hydrogen-bond acceptors (Lipinski definition) is 3. The number of rotatable bonds is 5. The zero-order valence-electron chi connectivity index (χ0n) is 13.7. The summed E-state index contributed by atoms with van der Waals surface area (Å²) in [6, 6.07) is 9.02. The van der Waals surface area contributed by atoms with E-state index in [-0.39, 0.29) is 16.5 Å². The number of carbonyl (C=O) groups excluding carboxylic acids is 1. The molecule has 1 N–H and O–H groups in total. The first-order valence-corrected chi connectivity index (χ1v) is 7.82. The van der Waals surface area contributed by atoms with Crippen LogP contribution < -0.4 is 10.1 Å². The molecule has 0 atom stereocenters. The molecule has 0 spiro atoms. The Labute approximate surface area is 160 Å². The number of carbonyl (C=O) groups is 1. The van der Waals surface area contributed by atoms with Crippen LogP contribution in [0.15, 0.2) is 48.0 Å². The third-order valence-corrected chi connectivity index (χ3v) is 3.65. The first kappa shape index (κ1) is 21.2. The minimum Gasteiger partial charge on any atom is -0.435 e. The fraction of sp³-hybridized carbons (Fsp3) is 0.111. The molecule has 1 amide bonds. The minimum absolute atomic E-state index is 0.120. The molecule has 0 aliphatic carbocycles. The van der Waals surface area contributed by atoms with Gasteiger partial charge in [-0.25, -0.2) is 0 Å². The Morgan fingerprint density at radius 2 is 1.82 bits per heavy atom. The monoisotopic (exact) mass is 416 g/mol. The summed E-state index contributed by atoms with van der Waals surface area (Å²) in [5, 5.41) is 11.1. The maximum absolute atomic E-state index is 12.8. The fourth-order valence-corrected chi connectivity index (χ4v) is 2.21. The van der Waals surface area contributed by atoms with Crippen molar-refractivity contribution in [3.63, 3.8) is 0 Å². The fourth-order valence-electron chi connectivity index (χ4n) is 2.05. The Bertz CT molecular complexity index is 934. The number of ether oxygens (including phenoxy) is 1. The van der Waals surface area contributed by atoms with Crippen molar-refractivity contribution >= 4 is 29.3 Å². The highest BCUT2D eigenvalue weighted by Gasteiger charge is 2.31. The van der Waals surface area contributed by atoms with Gasteiger partial charge in [-0.1, -0.05) is 23.7 Å². The molecular weight excluding hydrogens is 407 g/mol. The highest BCUT2D eigenvalue weighted by molar-refractivity contribution is 6.34. The van der Waals surface area contributed by atoms with E-state index in [1.807, 2.05) is 0 Å². The van der Waals surface area contributed by atoms with Gasteiger partial charge in [0, 0.05) is 0 Å². The van der Waals surface area contributed by atoms with Crippen molar-refractivity contribution in [2.75, 3.05) is 5.32 Å². The molecule has 0 saturated heterocycles. The van der Waals surface area contributed by atoms with Gasteiger partial charge in [-0.2, -0.15) is 27.2 Å². The van der Waals surface area contributed by atoms with Crippen LogP contribution in [0.1, 0.15) is 11.1 Å². The van der Waals surface area contributed by atoms with Gasteiger partial charge in [0.25, 0.3) is 5.91 Å². The molecule has 2 rings (SSSR count). The Hall–Kier alpha value is -3.12. The molecule has 0 radical (unpaired) electrons. The molecule has 28 heavy (non-hydrogen) atoms. The van der Waals surface area contributed by atoms with E-state index in [2.05, 4.69) is 10.1 Å². The molecule has 0 heterocycles. The van der Waals surface area contributed by atoms with Gasteiger partial charge in [-0.3, -0.25) is 4.79 Å². The van der Waals surface area contributed by atoms with Crippen molar-refractivity contribution in [1.82, 2.24) is 0 Å². The molecule has 0 fully saturated rings. The lowest BCUT2D eigenvalue weighted by Gasteiger charge is -2.11. The third kappa shape index (κ3) is 5.69. The SMILES string of the molecule is N#C/C(=C\c1ccc(OC(F)F)cc1)C(=O)Nc1cc(C(F)(F)F)ccc1Cl. The summed E-state index contributed by atoms with van der Waals surface area (Å²) in [6.45, 7) is -3.00. The molecule has 0 saturated carbocycles. The quantitative estimate of drug-likeness (QED) is 0.397. The molecule has 10 heteroatoms. The number of nitriles is 1. The molecule has 4 nitrogen and oxygen atoms in total. The molecule has 2 aromatic rings. The lowest BCUT2D eigenvalue weighted by molar-refractivity contribution is -0.137. The molecule has 0 aromatic heterocycles. The molecule has 146 valence electrons. The maximum atomic E-state index is 12.8. The normalized spacial score (nSPS) is 11.9. The average molecular weight is 417 g/mol. The summed E-state index contributed by atoms with van der Waals surface area (Å²) >= 11 is 5.80. The van der Waals surface area contributed by atoms with Crippen LogP contribution in [0.5, 0.6) is 5.75 Å². The average Bonchev–Trinajstić information content (AvgIpc) is 2.61. The summed E-state index contributed by atoms with van der Waals surface area (Å²) < 4.78 is 66.8. The predicted molar refractivity (Wildman–Crippen MR) is 91.7 cm³/mol. The third-order valence-electron chi connectivity index (χ3n) is 3.32. The van der Waals surface area contributed by atoms with Gasteiger partial charge < -0.3 is 10.1 Å². The zero-order valence-corrected chi connectivity index (χ0v) is 14.5. The minimum atomic E-state index is -4.64. The van der Waals surface area contributed by atoms with Gasteiger partial charge in [0.15, 0.2) is 0 Å². The van der Waals surface area contributed by atoms with Crippen molar-refractivity contribution in [3.05, 3.63) is 64.2 Å². The highest BCUT2D eigenvalue weighted by Crippen LogP contribution is 2.34. The second-order valence-electron chi connectivity index (χ2n) is 5.26. The lowest BCUT2D eigenvalue weighted by atomic mass is 10.1. The first-order valence-electron chi connectivity index (χ1n) is 7.45. The number of nitrogens with zero attached hydrogens (tertiary/aromatic N) is 1. The van der Waals surface area contributed by atoms with Crippen LogP contribution in [-0.2, 0) is 11.0 Å². The van der Waals surface area contributed by atoms with Gasteiger partial charge in [-0.15, -0.1) is 0 Å². The number of alkyl halides is 5. The highest BCUT2D eigenvalue weighted by atomic mass is 35.5. The van der Waals surface area contributed by atoms with Crippen molar-refractivity contribution in [2.45, 2.75) is 12.8 Å². The standard InChI is InChI=1S/C18H10ClF5N2O2/c19-14-6-3-12(18(22,23)24)8-15(14)26-16(27)11(9-25)7-10-1-4-13(5-2-10)28-17(20)21/h1-8,17H,(H,26,27)/b11-7+. The lowest BCUT2D eigenvalue weighted by Crippen LogP contribution is -2.15. The summed E-state index contributed by atoms with van der Waals surface area (Å²) in [5.74, 6) is -1.11. The van der Waals surface area contributed by atoms with E-state index in [9.17, 15) is 26.7 Å². The number of hydrogen-bond donors (Lipinski definition) is 1. The van der Waals surface area contributed by atoms with Gasteiger partial charge in [-0.05, 0) is 42.0 Å². The number of anilines is 1. The van der Waals surface area contributed by atoms with Crippen LogP contribution >= 0.6 is 11.6 Å². The van der Waals surface area contributed by atoms with E-state index >= 15 is 0 Å². The van der Waals surface area contributed by atoms with Gasteiger partial charge in [0.1, 0.15) is 17.4 Å².